The van der Waals surface area contributed by atoms with E-state index in [-0.39, 0.29) is 0 Å². The minimum Gasteiger partial charge on any atom is -0.328 e. The molecule has 0 amide bonds. The Morgan fingerprint density at radius 2 is 1.82 bits per heavy atom. The van der Waals surface area contributed by atoms with Gasteiger partial charge in [0.2, 0.25) is 0 Å². The van der Waals surface area contributed by atoms with Crippen LogP contribution < -0.4 is 5.73 Å². The van der Waals surface area contributed by atoms with Crippen LogP contribution in [0.25, 0.3) is 0 Å². The molecule has 2 unspecified atom stereocenters. The van der Waals surface area contributed by atoms with E-state index in [1.165, 1.54) is 58.5 Å². The molecule has 0 bridgehead atoms. The topological polar surface area (TPSA) is 35.7 Å². The Bertz CT molecular complexity index is 223. The summed E-state index contributed by atoms with van der Waals surface area (Å²) in [6.07, 6.45) is 3.77. The number of nitrogens with zero attached hydrogens (tertiary/aromatic N) is 3. The first kappa shape index (κ1) is 13.3. The van der Waals surface area contributed by atoms with E-state index >= 15 is 0 Å². The second kappa shape index (κ2) is 6.14. The molecule has 1 aliphatic heterocycles. The lowest BCUT2D eigenvalue weighted by molar-refractivity contribution is 0.0931. The highest BCUT2D eigenvalue weighted by Gasteiger charge is 2.29. The van der Waals surface area contributed by atoms with Crippen LogP contribution in [0.5, 0.6) is 0 Å². The highest BCUT2D eigenvalue weighted by atomic mass is 15.3. The van der Waals surface area contributed by atoms with Gasteiger partial charge in [-0.2, -0.15) is 0 Å². The molecular weight excluding hydrogens is 212 g/mol. The predicted octanol–water partition coefficient (Wildman–Crippen LogP) is 0.0454. The van der Waals surface area contributed by atoms with Crippen molar-refractivity contribution in [2.24, 2.45) is 5.73 Å². The number of hydrogen-bond acceptors (Lipinski definition) is 4. The minimum absolute atomic E-state index is 0.465. The molecule has 2 aliphatic rings. The van der Waals surface area contributed by atoms with Gasteiger partial charge < -0.3 is 10.6 Å². The van der Waals surface area contributed by atoms with Gasteiger partial charge in [0, 0.05) is 51.4 Å². The summed E-state index contributed by atoms with van der Waals surface area (Å²) in [5.41, 5.74) is 6.00. The molecule has 2 rings (SSSR count). The van der Waals surface area contributed by atoms with Gasteiger partial charge in [-0.3, -0.25) is 9.80 Å². The molecule has 100 valence electrons. The fraction of sp³-hybridized carbons (Fsp3) is 1.00. The van der Waals surface area contributed by atoms with Crippen molar-refractivity contribution in [1.29, 1.82) is 0 Å². The van der Waals surface area contributed by atoms with Gasteiger partial charge >= 0.3 is 0 Å². The van der Waals surface area contributed by atoms with Crippen LogP contribution in [0.1, 0.15) is 19.3 Å². The Morgan fingerprint density at radius 1 is 1.12 bits per heavy atom. The number of hydrogen-bond donors (Lipinski definition) is 1. The fourth-order valence-corrected chi connectivity index (χ4v) is 3.02. The molecule has 2 N–H and O–H groups in total. The molecule has 2 fully saturated rings. The Morgan fingerprint density at radius 3 is 2.35 bits per heavy atom. The molecule has 1 saturated carbocycles. The SMILES string of the molecule is CN(C)CCN1CCN(C2CCC(N)C2)CC1. The summed E-state index contributed by atoms with van der Waals surface area (Å²) in [6.45, 7) is 7.34. The number of rotatable bonds is 4. The number of nitrogens with two attached hydrogens (primary N) is 1. The fourth-order valence-electron chi connectivity index (χ4n) is 3.02. The van der Waals surface area contributed by atoms with Gasteiger partial charge in [-0.15, -0.1) is 0 Å². The molecule has 1 saturated heterocycles. The zero-order chi connectivity index (χ0) is 12.3. The Balaban J connectivity index is 1.67. The third-order valence-corrected chi connectivity index (χ3v) is 4.23. The predicted molar refractivity (Wildman–Crippen MR) is 72.2 cm³/mol. The summed E-state index contributed by atoms with van der Waals surface area (Å²) in [4.78, 5) is 7.52. The van der Waals surface area contributed by atoms with Crippen LogP contribution in [-0.4, -0.2) is 80.1 Å². The molecule has 0 aromatic heterocycles. The monoisotopic (exact) mass is 240 g/mol. The van der Waals surface area contributed by atoms with Gasteiger partial charge in [0.05, 0.1) is 0 Å². The molecule has 1 aliphatic carbocycles. The Kier molecular flexibility index (Phi) is 4.79. The Labute approximate surface area is 106 Å². The van der Waals surface area contributed by atoms with Crippen molar-refractivity contribution in [2.75, 3.05) is 53.4 Å². The van der Waals surface area contributed by atoms with Crippen molar-refractivity contribution < 1.29 is 0 Å². The lowest BCUT2D eigenvalue weighted by Crippen LogP contribution is -2.51. The lowest BCUT2D eigenvalue weighted by atomic mass is 10.1. The standard InChI is InChI=1S/C13H28N4/c1-15(2)5-6-16-7-9-17(10-8-16)13-4-3-12(14)11-13/h12-13H,3-11,14H2,1-2H3. The van der Waals surface area contributed by atoms with Gasteiger partial charge in [-0.1, -0.05) is 0 Å². The molecule has 17 heavy (non-hydrogen) atoms. The van der Waals surface area contributed by atoms with Crippen molar-refractivity contribution in [2.45, 2.75) is 31.3 Å². The second-order valence-electron chi connectivity index (χ2n) is 5.91. The zero-order valence-corrected chi connectivity index (χ0v) is 11.4. The summed E-state index contributed by atoms with van der Waals surface area (Å²) in [7, 11) is 4.30. The summed E-state index contributed by atoms with van der Waals surface area (Å²) in [5, 5.41) is 0. The average molecular weight is 240 g/mol. The maximum atomic E-state index is 6.00. The minimum atomic E-state index is 0.465. The van der Waals surface area contributed by atoms with Crippen LogP contribution >= 0.6 is 0 Å². The quantitative estimate of drug-likeness (QED) is 0.753. The van der Waals surface area contributed by atoms with Gasteiger partial charge in [0.15, 0.2) is 0 Å². The van der Waals surface area contributed by atoms with Gasteiger partial charge in [0.25, 0.3) is 0 Å². The van der Waals surface area contributed by atoms with Crippen LogP contribution in [0.4, 0.5) is 0 Å². The van der Waals surface area contributed by atoms with Crippen molar-refractivity contribution in [3.05, 3.63) is 0 Å². The molecule has 1 heterocycles. The smallest absolute Gasteiger partial charge is 0.0113 e. The summed E-state index contributed by atoms with van der Waals surface area (Å²) >= 11 is 0. The van der Waals surface area contributed by atoms with Gasteiger partial charge in [0.1, 0.15) is 0 Å². The van der Waals surface area contributed by atoms with E-state index in [0.29, 0.717) is 6.04 Å². The van der Waals surface area contributed by atoms with E-state index in [0.717, 1.165) is 6.04 Å². The summed E-state index contributed by atoms with van der Waals surface area (Å²) < 4.78 is 0. The van der Waals surface area contributed by atoms with E-state index < -0.39 is 0 Å². The van der Waals surface area contributed by atoms with Crippen LogP contribution in [0.15, 0.2) is 0 Å². The molecule has 0 spiro atoms. The van der Waals surface area contributed by atoms with Crippen LogP contribution in [0, 0.1) is 0 Å². The van der Waals surface area contributed by atoms with Crippen molar-refractivity contribution in [1.82, 2.24) is 14.7 Å². The first-order valence-corrected chi connectivity index (χ1v) is 7.02. The summed E-state index contributed by atoms with van der Waals surface area (Å²) in [5.74, 6) is 0. The number of piperazine rings is 1. The summed E-state index contributed by atoms with van der Waals surface area (Å²) in [6, 6.07) is 1.24. The number of likely N-dealkylation sites (N-methyl/N-ethyl adjacent to an activating group) is 1. The first-order chi connectivity index (χ1) is 8.15. The molecule has 0 radical (unpaired) electrons. The van der Waals surface area contributed by atoms with Crippen LogP contribution in [-0.2, 0) is 0 Å². The largest absolute Gasteiger partial charge is 0.328 e. The molecule has 0 aromatic rings. The van der Waals surface area contributed by atoms with E-state index in [1.54, 1.807) is 0 Å². The lowest BCUT2D eigenvalue weighted by Gasteiger charge is -2.38. The molecule has 4 heteroatoms. The van der Waals surface area contributed by atoms with Gasteiger partial charge in [-0.05, 0) is 33.4 Å². The molecular formula is C13H28N4. The molecule has 4 nitrogen and oxygen atoms in total. The van der Waals surface area contributed by atoms with Gasteiger partial charge in [-0.25, -0.2) is 0 Å². The van der Waals surface area contributed by atoms with Crippen molar-refractivity contribution in [3.8, 4) is 0 Å². The van der Waals surface area contributed by atoms with E-state index in [4.69, 9.17) is 5.73 Å². The second-order valence-corrected chi connectivity index (χ2v) is 5.91. The van der Waals surface area contributed by atoms with Crippen LogP contribution in [0.3, 0.4) is 0 Å². The van der Waals surface area contributed by atoms with Crippen LogP contribution in [0.2, 0.25) is 0 Å². The zero-order valence-electron chi connectivity index (χ0n) is 11.4. The third kappa shape index (κ3) is 3.91. The average Bonchev–Trinajstić information content (AvgIpc) is 2.74. The first-order valence-electron chi connectivity index (χ1n) is 7.02. The van der Waals surface area contributed by atoms with E-state index in [2.05, 4.69) is 28.8 Å². The van der Waals surface area contributed by atoms with E-state index in [9.17, 15) is 0 Å². The maximum Gasteiger partial charge on any atom is 0.0113 e. The van der Waals surface area contributed by atoms with Crippen molar-refractivity contribution >= 4 is 0 Å². The Hall–Kier alpha value is -0.160. The molecule has 2 atom stereocenters. The molecule has 0 aromatic carbocycles. The normalized spacial score (nSPS) is 32.5. The highest BCUT2D eigenvalue weighted by Crippen LogP contribution is 2.23. The van der Waals surface area contributed by atoms with Crippen molar-refractivity contribution in [3.63, 3.8) is 0 Å². The van der Waals surface area contributed by atoms with E-state index in [1.807, 2.05) is 0 Å². The maximum absolute atomic E-state index is 6.00. The third-order valence-electron chi connectivity index (χ3n) is 4.23. The highest BCUT2D eigenvalue weighted by molar-refractivity contribution is 4.87.